The molecule has 0 aliphatic heterocycles. The number of fused-ring (bicyclic) bond motifs is 1. The summed E-state index contributed by atoms with van der Waals surface area (Å²) in [4.78, 5) is 4.60. The molecule has 3 aromatic rings. The minimum absolute atomic E-state index is 0.167. The van der Waals surface area contributed by atoms with Gasteiger partial charge in [0.2, 0.25) is 11.7 Å². The molecule has 3 rings (SSSR count). The molecule has 30 heavy (non-hydrogen) atoms. The average Bonchev–Trinajstić information content (AvgIpc) is 3.20. The number of nitrogens with one attached hydrogen (secondary N) is 1. The van der Waals surface area contributed by atoms with Crippen molar-refractivity contribution in [2.45, 2.75) is 59.8 Å². The largest absolute Gasteiger partial charge is 0.493 e. The molecule has 0 aliphatic carbocycles. The SMILES string of the molecule is CC(=N)N.CCCC[C@H](C)c1nc(-c2ccc3cc(OCC(C)C)ccc3c2)no1. The zero-order valence-corrected chi connectivity index (χ0v) is 18.7. The van der Waals surface area contributed by atoms with E-state index in [2.05, 4.69) is 62.1 Å². The van der Waals surface area contributed by atoms with Crippen LogP contribution in [0.3, 0.4) is 0 Å². The lowest BCUT2D eigenvalue weighted by atomic mass is 10.0. The Morgan fingerprint density at radius 2 is 1.80 bits per heavy atom. The molecule has 0 saturated heterocycles. The predicted molar refractivity (Wildman–Crippen MR) is 123 cm³/mol. The number of hydrogen-bond acceptors (Lipinski definition) is 5. The van der Waals surface area contributed by atoms with Crippen molar-refractivity contribution in [1.82, 2.24) is 10.1 Å². The van der Waals surface area contributed by atoms with Gasteiger partial charge in [0, 0.05) is 11.5 Å². The summed E-state index contributed by atoms with van der Waals surface area (Å²) in [5, 5.41) is 12.7. The molecular weight excluding hydrogens is 376 g/mol. The van der Waals surface area contributed by atoms with Gasteiger partial charge in [-0.3, -0.25) is 5.41 Å². The lowest BCUT2D eigenvalue weighted by Crippen LogP contribution is -2.04. The second kappa shape index (κ2) is 11.3. The molecule has 0 bridgehead atoms. The quantitative estimate of drug-likeness (QED) is 0.342. The topological polar surface area (TPSA) is 98.0 Å². The molecule has 1 heterocycles. The normalized spacial score (nSPS) is 11.8. The van der Waals surface area contributed by atoms with Crippen molar-refractivity contribution in [3.05, 3.63) is 42.3 Å². The van der Waals surface area contributed by atoms with Gasteiger partial charge in [0.15, 0.2) is 0 Å². The highest BCUT2D eigenvalue weighted by Crippen LogP contribution is 2.27. The van der Waals surface area contributed by atoms with Gasteiger partial charge in [-0.25, -0.2) is 0 Å². The van der Waals surface area contributed by atoms with Crippen LogP contribution in [0.1, 0.15) is 65.7 Å². The maximum atomic E-state index is 6.28. The van der Waals surface area contributed by atoms with Crippen molar-refractivity contribution in [1.29, 1.82) is 5.41 Å². The van der Waals surface area contributed by atoms with E-state index < -0.39 is 0 Å². The van der Waals surface area contributed by atoms with E-state index >= 15 is 0 Å². The van der Waals surface area contributed by atoms with Gasteiger partial charge in [-0.1, -0.05) is 63.9 Å². The van der Waals surface area contributed by atoms with Gasteiger partial charge in [-0.15, -0.1) is 0 Å². The van der Waals surface area contributed by atoms with Crippen molar-refractivity contribution in [3.63, 3.8) is 0 Å². The summed E-state index contributed by atoms with van der Waals surface area (Å²) in [6.07, 6.45) is 3.43. The molecule has 0 unspecified atom stereocenters. The Balaban J connectivity index is 0.000000735. The first kappa shape index (κ1) is 23.4. The van der Waals surface area contributed by atoms with E-state index in [1.807, 2.05) is 12.1 Å². The Morgan fingerprint density at radius 3 is 2.47 bits per heavy atom. The number of nitrogens with zero attached hydrogens (tertiary/aromatic N) is 2. The maximum Gasteiger partial charge on any atom is 0.229 e. The first-order valence-corrected chi connectivity index (χ1v) is 10.6. The van der Waals surface area contributed by atoms with Crippen LogP contribution in [0.5, 0.6) is 5.75 Å². The highest BCUT2D eigenvalue weighted by atomic mass is 16.5. The van der Waals surface area contributed by atoms with E-state index in [0.717, 1.165) is 41.0 Å². The number of nitrogens with two attached hydrogens (primary N) is 1. The van der Waals surface area contributed by atoms with Crippen LogP contribution >= 0.6 is 0 Å². The summed E-state index contributed by atoms with van der Waals surface area (Å²) in [6, 6.07) is 12.4. The molecule has 0 radical (unpaired) electrons. The lowest BCUT2D eigenvalue weighted by Gasteiger charge is -2.09. The summed E-state index contributed by atoms with van der Waals surface area (Å²) >= 11 is 0. The predicted octanol–water partition coefficient (Wildman–Crippen LogP) is 6.16. The van der Waals surface area contributed by atoms with Crippen LogP contribution in [-0.2, 0) is 0 Å². The lowest BCUT2D eigenvalue weighted by molar-refractivity contribution is 0.271. The molecule has 0 fully saturated rings. The van der Waals surface area contributed by atoms with Crippen molar-refractivity contribution in [2.24, 2.45) is 11.7 Å². The molecular formula is C24H34N4O2. The molecule has 162 valence electrons. The Morgan fingerprint density at radius 1 is 1.13 bits per heavy atom. The van der Waals surface area contributed by atoms with Gasteiger partial charge in [0.05, 0.1) is 12.4 Å². The number of unbranched alkanes of at least 4 members (excludes halogenated alkanes) is 1. The third kappa shape index (κ3) is 7.17. The Labute approximate surface area is 179 Å². The average molecular weight is 411 g/mol. The Bertz CT molecular complexity index is 945. The van der Waals surface area contributed by atoms with Gasteiger partial charge in [0.25, 0.3) is 0 Å². The van der Waals surface area contributed by atoms with Crippen molar-refractivity contribution in [3.8, 4) is 17.1 Å². The first-order valence-electron chi connectivity index (χ1n) is 10.6. The van der Waals surface area contributed by atoms with Gasteiger partial charge < -0.3 is 15.0 Å². The molecule has 1 aromatic heterocycles. The molecule has 1 atom stereocenters. The number of ether oxygens (including phenoxy) is 1. The van der Waals surface area contributed by atoms with Crippen LogP contribution in [0.25, 0.3) is 22.2 Å². The first-order chi connectivity index (χ1) is 14.3. The maximum absolute atomic E-state index is 6.28. The molecule has 3 N–H and O–H groups in total. The van der Waals surface area contributed by atoms with Crippen LogP contribution in [0.15, 0.2) is 40.9 Å². The summed E-state index contributed by atoms with van der Waals surface area (Å²) in [6.45, 7) is 10.9. The zero-order chi connectivity index (χ0) is 22.1. The van der Waals surface area contributed by atoms with E-state index in [9.17, 15) is 0 Å². The van der Waals surface area contributed by atoms with Crippen LogP contribution in [0, 0.1) is 11.3 Å². The molecule has 6 nitrogen and oxygen atoms in total. The molecule has 0 spiro atoms. The highest BCUT2D eigenvalue weighted by Gasteiger charge is 2.15. The van der Waals surface area contributed by atoms with Crippen LogP contribution in [0.2, 0.25) is 0 Å². The van der Waals surface area contributed by atoms with Crippen LogP contribution < -0.4 is 10.5 Å². The monoisotopic (exact) mass is 410 g/mol. The zero-order valence-electron chi connectivity index (χ0n) is 18.7. The fraction of sp³-hybridized carbons (Fsp3) is 0.458. The number of aromatic nitrogens is 2. The fourth-order valence-corrected chi connectivity index (χ4v) is 2.90. The standard InChI is InChI=1S/C22H28N2O2.C2H6N2/c1-5-6-7-16(4)22-23-21(24-26-22)19-9-8-18-13-20(25-14-15(2)3)11-10-17(18)12-19;1-2(3)4/h8-13,15-16H,5-7,14H2,1-4H3;1H3,(H3,3,4)/t16-;/m0./s1. The third-order valence-electron chi connectivity index (χ3n) is 4.51. The van der Waals surface area contributed by atoms with Crippen molar-refractivity contribution >= 4 is 16.6 Å². The number of amidine groups is 1. The van der Waals surface area contributed by atoms with Gasteiger partial charge in [-0.05, 0) is 48.2 Å². The smallest absolute Gasteiger partial charge is 0.229 e. The number of rotatable bonds is 8. The molecule has 0 amide bonds. The molecule has 0 aliphatic rings. The van der Waals surface area contributed by atoms with E-state index in [1.54, 1.807) is 0 Å². The summed E-state index contributed by atoms with van der Waals surface area (Å²) in [5.41, 5.74) is 5.67. The summed E-state index contributed by atoms with van der Waals surface area (Å²) in [7, 11) is 0. The summed E-state index contributed by atoms with van der Waals surface area (Å²) < 4.78 is 11.3. The third-order valence-corrected chi connectivity index (χ3v) is 4.51. The van der Waals surface area contributed by atoms with E-state index in [1.165, 1.54) is 19.8 Å². The van der Waals surface area contributed by atoms with E-state index in [4.69, 9.17) is 20.4 Å². The van der Waals surface area contributed by atoms with Crippen LogP contribution in [0.4, 0.5) is 0 Å². The fourth-order valence-electron chi connectivity index (χ4n) is 2.90. The minimum Gasteiger partial charge on any atom is -0.493 e. The van der Waals surface area contributed by atoms with Crippen molar-refractivity contribution < 1.29 is 9.26 Å². The van der Waals surface area contributed by atoms with Gasteiger partial charge >= 0.3 is 0 Å². The van der Waals surface area contributed by atoms with Crippen molar-refractivity contribution in [2.75, 3.05) is 6.61 Å². The molecule has 6 heteroatoms. The number of benzene rings is 2. The second-order valence-electron chi connectivity index (χ2n) is 8.11. The summed E-state index contributed by atoms with van der Waals surface area (Å²) in [5.74, 6) is 3.28. The Kier molecular flexibility index (Phi) is 8.84. The Hall–Kier alpha value is -2.89. The van der Waals surface area contributed by atoms with E-state index in [0.29, 0.717) is 17.7 Å². The highest BCUT2D eigenvalue weighted by molar-refractivity contribution is 5.87. The number of hydrogen-bond donors (Lipinski definition) is 2. The van der Waals surface area contributed by atoms with Gasteiger partial charge in [0.1, 0.15) is 5.75 Å². The molecule has 2 aromatic carbocycles. The molecule has 0 saturated carbocycles. The minimum atomic E-state index is 0.167. The van der Waals surface area contributed by atoms with E-state index in [-0.39, 0.29) is 5.84 Å². The second-order valence-corrected chi connectivity index (χ2v) is 8.11. The van der Waals surface area contributed by atoms with Crippen LogP contribution in [-0.4, -0.2) is 22.6 Å². The van der Waals surface area contributed by atoms with Gasteiger partial charge in [-0.2, -0.15) is 4.98 Å².